The number of hydrogen-bond acceptors (Lipinski definition) is 7. The van der Waals surface area contributed by atoms with Crippen molar-refractivity contribution in [3.8, 4) is 34.0 Å². The molecule has 9 nitrogen and oxygen atoms in total. The van der Waals surface area contributed by atoms with E-state index < -0.39 is 6.09 Å². The first-order valence-corrected chi connectivity index (χ1v) is 11.6. The van der Waals surface area contributed by atoms with Crippen molar-refractivity contribution in [2.45, 2.75) is 6.92 Å². The van der Waals surface area contributed by atoms with Gasteiger partial charge in [-0.25, -0.2) is 19.7 Å². The Balaban J connectivity index is 1.40. The van der Waals surface area contributed by atoms with Gasteiger partial charge in [-0.05, 0) is 48.2 Å². The zero-order valence-electron chi connectivity index (χ0n) is 20.9. The minimum Gasteiger partial charge on any atom is -0.495 e. The Morgan fingerprint density at radius 3 is 2.38 bits per heavy atom. The first-order chi connectivity index (χ1) is 17.9. The van der Waals surface area contributed by atoms with E-state index in [4.69, 9.17) is 9.47 Å². The Kier molecular flexibility index (Phi) is 6.42. The number of hydrogen-bond donors (Lipinski definition) is 2. The Hall–Kier alpha value is -4.92. The maximum absolute atomic E-state index is 11.4. The van der Waals surface area contributed by atoms with Crippen LogP contribution >= 0.6 is 0 Å². The molecule has 0 bridgehead atoms. The summed E-state index contributed by atoms with van der Waals surface area (Å²) in [6.07, 6.45) is 4.81. The predicted octanol–water partition coefficient (Wildman–Crippen LogP) is 5.48. The van der Waals surface area contributed by atoms with Crippen molar-refractivity contribution in [1.82, 2.24) is 24.8 Å². The zero-order valence-corrected chi connectivity index (χ0v) is 20.9. The van der Waals surface area contributed by atoms with Gasteiger partial charge in [-0.2, -0.15) is 0 Å². The molecule has 0 unspecified atom stereocenters. The summed E-state index contributed by atoms with van der Waals surface area (Å²) in [6.45, 7) is 1.97. The molecule has 0 fully saturated rings. The van der Waals surface area contributed by atoms with Gasteiger partial charge < -0.3 is 24.7 Å². The minimum absolute atomic E-state index is 0.234. The number of pyridine rings is 2. The molecule has 0 saturated heterocycles. The average Bonchev–Trinajstić information content (AvgIpc) is 3.26. The molecule has 2 aromatic carbocycles. The van der Waals surface area contributed by atoms with E-state index in [0.29, 0.717) is 11.6 Å². The van der Waals surface area contributed by atoms with E-state index in [1.807, 2.05) is 73.4 Å². The number of carbonyl (C=O) groups excluding carboxylic acids is 1. The molecule has 0 aliphatic heterocycles. The van der Waals surface area contributed by atoms with Gasteiger partial charge in [-0.15, -0.1) is 0 Å². The molecule has 186 valence electrons. The number of benzene rings is 2. The summed E-state index contributed by atoms with van der Waals surface area (Å²) in [5.74, 6) is 2.58. The molecule has 0 atom stereocenters. The lowest BCUT2D eigenvalue weighted by Gasteiger charge is -2.13. The van der Waals surface area contributed by atoms with Crippen LogP contribution in [-0.2, 0) is 7.05 Å². The van der Waals surface area contributed by atoms with Gasteiger partial charge in [0.25, 0.3) is 0 Å². The van der Waals surface area contributed by atoms with Crippen LogP contribution in [0.1, 0.15) is 5.82 Å². The maximum Gasteiger partial charge on any atom is 0.413 e. The summed E-state index contributed by atoms with van der Waals surface area (Å²) in [4.78, 5) is 24.6. The molecule has 3 aromatic heterocycles. The molecule has 2 N–H and O–H groups in total. The van der Waals surface area contributed by atoms with Crippen LogP contribution in [0.4, 0.5) is 16.3 Å². The fourth-order valence-corrected chi connectivity index (χ4v) is 4.01. The van der Waals surface area contributed by atoms with Crippen LogP contribution in [0.15, 0.2) is 73.2 Å². The molecular formula is C28H26N6O3. The molecule has 0 aliphatic carbocycles. The molecule has 9 heteroatoms. The van der Waals surface area contributed by atoms with E-state index >= 15 is 0 Å². The fourth-order valence-electron chi connectivity index (χ4n) is 4.01. The van der Waals surface area contributed by atoms with Crippen molar-refractivity contribution in [3.63, 3.8) is 0 Å². The van der Waals surface area contributed by atoms with Crippen LogP contribution in [0.2, 0.25) is 0 Å². The van der Waals surface area contributed by atoms with Crippen LogP contribution in [0.25, 0.3) is 33.2 Å². The molecule has 0 aliphatic rings. The highest BCUT2D eigenvalue weighted by molar-refractivity contribution is 5.89. The maximum atomic E-state index is 11.4. The molecule has 5 aromatic rings. The molecule has 37 heavy (non-hydrogen) atoms. The molecule has 0 radical (unpaired) electrons. The third-order valence-corrected chi connectivity index (χ3v) is 6.17. The van der Waals surface area contributed by atoms with Gasteiger partial charge in [0.1, 0.15) is 17.4 Å². The number of anilines is 2. The highest BCUT2D eigenvalue weighted by Crippen LogP contribution is 2.33. The second kappa shape index (κ2) is 9.98. The van der Waals surface area contributed by atoms with Gasteiger partial charge in [0.15, 0.2) is 0 Å². The van der Waals surface area contributed by atoms with Crippen LogP contribution in [0, 0.1) is 6.92 Å². The minimum atomic E-state index is -0.558. The van der Waals surface area contributed by atoms with E-state index in [9.17, 15) is 4.79 Å². The van der Waals surface area contributed by atoms with Crippen LogP contribution in [0.3, 0.4) is 0 Å². The third kappa shape index (κ3) is 4.92. The Morgan fingerprint density at radius 1 is 0.865 bits per heavy atom. The number of rotatable bonds is 6. The first-order valence-electron chi connectivity index (χ1n) is 11.6. The quantitative estimate of drug-likeness (QED) is 0.322. The lowest BCUT2D eigenvalue weighted by Crippen LogP contribution is -2.22. The number of amides is 1. The summed E-state index contributed by atoms with van der Waals surface area (Å²) in [5.41, 5.74) is 4.73. The number of methoxy groups -OCH3 is 1. The van der Waals surface area contributed by atoms with Crippen molar-refractivity contribution < 1.29 is 14.3 Å². The zero-order chi connectivity index (χ0) is 25.9. The summed E-state index contributed by atoms with van der Waals surface area (Å²) in [5, 5.41) is 7.80. The van der Waals surface area contributed by atoms with Gasteiger partial charge in [-0.3, -0.25) is 0 Å². The molecule has 5 rings (SSSR count). The number of imidazole rings is 1. The van der Waals surface area contributed by atoms with Gasteiger partial charge in [-0.1, -0.05) is 18.2 Å². The smallest absolute Gasteiger partial charge is 0.413 e. The summed E-state index contributed by atoms with van der Waals surface area (Å²) < 4.78 is 12.8. The van der Waals surface area contributed by atoms with E-state index in [1.165, 1.54) is 7.05 Å². The van der Waals surface area contributed by atoms with E-state index in [0.717, 1.165) is 44.7 Å². The van der Waals surface area contributed by atoms with Crippen LogP contribution in [-0.4, -0.2) is 39.8 Å². The molecule has 0 spiro atoms. The number of aromatic nitrogens is 4. The van der Waals surface area contributed by atoms with Crippen molar-refractivity contribution in [2.24, 2.45) is 7.05 Å². The molecule has 0 saturated carbocycles. The van der Waals surface area contributed by atoms with Crippen LogP contribution < -0.4 is 20.1 Å². The third-order valence-electron chi connectivity index (χ3n) is 6.17. The number of nitrogens with zero attached hydrogens (tertiary/aromatic N) is 4. The Labute approximate surface area is 214 Å². The second-order valence-electron chi connectivity index (χ2n) is 8.45. The number of fused-ring (bicyclic) bond motifs is 1. The Morgan fingerprint density at radius 2 is 1.68 bits per heavy atom. The summed E-state index contributed by atoms with van der Waals surface area (Å²) in [6, 6.07) is 17.6. The molecule has 1 amide bonds. The number of carbonyl (C=O) groups is 1. The van der Waals surface area contributed by atoms with Crippen molar-refractivity contribution >= 4 is 28.4 Å². The van der Waals surface area contributed by atoms with Crippen molar-refractivity contribution in [3.05, 3.63) is 79.0 Å². The highest BCUT2D eigenvalue weighted by Gasteiger charge is 2.11. The monoisotopic (exact) mass is 494 g/mol. The summed E-state index contributed by atoms with van der Waals surface area (Å²) in [7, 11) is 5.14. The first kappa shape index (κ1) is 23.8. The predicted molar refractivity (Wildman–Crippen MR) is 143 cm³/mol. The lowest BCUT2D eigenvalue weighted by atomic mass is 10.0. The van der Waals surface area contributed by atoms with Gasteiger partial charge >= 0.3 is 6.09 Å². The highest BCUT2D eigenvalue weighted by atomic mass is 16.6. The Bertz CT molecular complexity index is 1590. The topological polar surface area (TPSA) is 103 Å². The van der Waals surface area contributed by atoms with Gasteiger partial charge in [0, 0.05) is 49.1 Å². The average molecular weight is 495 g/mol. The molecular weight excluding hydrogens is 468 g/mol. The van der Waals surface area contributed by atoms with Gasteiger partial charge in [0.2, 0.25) is 5.88 Å². The largest absolute Gasteiger partial charge is 0.495 e. The standard InChI is InChI=1S/C28H26N6O3/c1-17-30-16-24(34(17)3)19-7-9-23(25(12-19)36-4)33-26-13-22-11-18(5-6-21(22)14-31-26)20-8-10-27(32-15-20)37-28(35)29-2/h5-16H,1-4H3,(H,29,35)(H,31,33). The van der Waals surface area contributed by atoms with Gasteiger partial charge in [0.05, 0.1) is 24.7 Å². The van der Waals surface area contributed by atoms with Crippen molar-refractivity contribution in [2.75, 3.05) is 19.5 Å². The number of ether oxygens (including phenoxy) is 2. The number of nitrogens with one attached hydrogen (secondary N) is 2. The lowest BCUT2D eigenvalue weighted by molar-refractivity contribution is 0.201. The molecule has 3 heterocycles. The summed E-state index contributed by atoms with van der Waals surface area (Å²) >= 11 is 0. The normalized spacial score (nSPS) is 10.8. The van der Waals surface area contributed by atoms with Crippen LogP contribution in [0.5, 0.6) is 11.6 Å². The SMILES string of the molecule is CNC(=O)Oc1ccc(-c2ccc3cnc(Nc4ccc(-c5cnc(C)n5C)cc4OC)cc3c2)cn1. The van der Waals surface area contributed by atoms with E-state index in [1.54, 1.807) is 19.4 Å². The second-order valence-corrected chi connectivity index (χ2v) is 8.45. The van der Waals surface area contributed by atoms with E-state index in [-0.39, 0.29) is 5.88 Å². The number of aryl methyl sites for hydroxylation is 1. The van der Waals surface area contributed by atoms with Crippen molar-refractivity contribution in [1.29, 1.82) is 0 Å². The fraction of sp³-hybridized carbons (Fsp3) is 0.143. The van der Waals surface area contributed by atoms with E-state index in [2.05, 4.69) is 31.7 Å².